The number of thiazole rings is 1. The van der Waals surface area contributed by atoms with Gasteiger partial charge in [0.1, 0.15) is 6.04 Å². The summed E-state index contributed by atoms with van der Waals surface area (Å²) in [6, 6.07) is 12.3. The van der Waals surface area contributed by atoms with Gasteiger partial charge in [-0.1, -0.05) is 41.1 Å². The summed E-state index contributed by atoms with van der Waals surface area (Å²) < 4.78 is 1.04. The van der Waals surface area contributed by atoms with Gasteiger partial charge < -0.3 is 0 Å². The number of carbonyl (C=O) groups is 2. The Morgan fingerprint density at radius 3 is 2.85 bits per heavy atom. The van der Waals surface area contributed by atoms with Gasteiger partial charge in [0, 0.05) is 5.02 Å². The van der Waals surface area contributed by atoms with Crippen LogP contribution in [0.5, 0.6) is 0 Å². The van der Waals surface area contributed by atoms with Crippen LogP contribution in [0.3, 0.4) is 0 Å². The first kappa shape index (κ1) is 17.0. The van der Waals surface area contributed by atoms with Gasteiger partial charge in [-0.05, 0) is 36.8 Å². The van der Waals surface area contributed by atoms with Crippen LogP contribution in [0.4, 0.5) is 10.8 Å². The molecule has 0 saturated carbocycles. The molecule has 8 heteroatoms. The van der Waals surface area contributed by atoms with Gasteiger partial charge in [0.25, 0.3) is 5.91 Å². The van der Waals surface area contributed by atoms with Gasteiger partial charge in [0.2, 0.25) is 5.91 Å². The van der Waals surface area contributed by atoms with Crippen LogP contribution in [0.1, 0.15) is 12.0 Å². The lowest BCUT2D eigenvalue weighted by Crippen LogP contribution is -2.41. The number of aryl methyl sites for hydroxylation is 1. The van der Waals surface area contributed by atoms with E-state index in [1.54, 1.807) is 18.2 Å². The van der Waals surface area contributed by atoms with Gasteiger partial charge in [0.15, 0.2) is 5.13 Å². The molecule has 1 aromatic heterocycles. The van der Waals surface area contributed by atoms with Gasteiger partial charge in [0.05, 0.1) is 22.3 Å². The van der Waals surface area contributed by atoms with E-state index in [1.807, 2.05) is 31.2 Å². The molecule has 2 N–H and O–H groups in total. The van der Waals surface area contributed by atoms with Crippen LogP contribution < -0.4 is 15.8 Å². The highest BCUT2D eigenvalue weighted by molar-refractivity contribution is 7.22. The minimum absolute atomic E-state index is 0.0721. The first-order valence-corrected chi connectivity index (χ1v) is 9.22. The molecular weight excluding hydrogens is 372 g/mol. The van der Waals surface area contributed by atoms with Crippen molar-refractivity contribution in [3.8, 4) is 0 Å². The summed E-state index contributed by atoms with van der Waals surface area (Å²) in [5.74, 6) is -0.571. The summed E-state index contributed by atoms with van der Waals surface area (Å²) in [5.41, 5.74) is 8.10. The van der Waals surface area contributed by atoms with Crippen LogP contribution in [0.25, 0.3) is 10.2 Å². The molecule has 0 unspecified atom stereocenters. The lowest BCUT2D eigenvalue weighted by atomic mass is 10.2. The zero-order valence-electron chi connectivity index (χ0n) is 13.8. The number of fused-ring (bicyclic) bond motifs is 1. The quantitative estimate of drug-likeness (QED) is 0.530. The van der Waals surface area contributed by atoms with Crippen molar-refractivity contribution in [1.82, 2.24) is 10.4 Å². The van der Waals surface area contributed by atoms with Crippen LogP contribution in [-0.2, 0) is 9.59 Å². The van der Waals surface area contributed by atoms with E-state index >= 15 is 0 Å². The van der Waals surface area contributed by atoms with Crippen molar-refractivity contribution in [1.29, 1.82) is 0 Å². The first-order valence-electron chi connectivity index (χ1n) is 8.03. The lowest BCUT2D eigenvalue weighted by Gasteiger charge is -2.18. The van der Waals surface area contributed by atoms with Crippen LogP contribution in [0, 0.1) is 6.92 Å². The zero-order chi connectivity index (χ0) is 18.3. The summed E-state index contributed by atoms with van der Waals surface area (Å²) >= 11 is 7.50. The summed E-state index contributed by atoms with van der Waals surface area (Å²) in [5, 5.41) is 1.12. The van der Waals surface area contributed by atoms with E-state index in [0.717, 1.165) is 15.8 Å². The number of halogens is 1. The molecule has 6 nitrogen and oxygen atoms in total. The fourth-order valence-electron chi connectivity index (χ4n) is 2.90. The van der Waals surface area contributed by atoms with E-state index in [4.69, 9.17) is 11.6 Å². The Bertz CT molecular complexity index is 986. The molecule has 1 fully saturated rings. The van der Waals surface area contributed by atoms with Gasteiger partial charge >= 0.3 is 0 Å². The fourth-order valence-corrected chi connectivity index (χ4v) is 3.89. The second-order valence-corrected chi connectivity index (χ2v) is 7.48. The third-order valence-electron chi connectivity index (χ3n) is 4.21. The summed E-state index contributed by atoms with van der Waals surface area (Å²) in [6.07, 6.45) is 0.0721. The highest BCUT2D eigenvalue weighted by Gasteiger charge is 2.40. The van der Waals surface area contributed by atoms with E-state index in [-0.39, 0.29) is 18.2 Å². The van der Waals surface area contributed by atoms with Gasteiger partial charge in [-0.2, -0.15) is 0 Å². The number of imide groups is 1. The Balaban J connectivity index is 1.51. The average molecular weight is 387 g/mol. The third kappa shape index (κ3) is 3.05. The summed E-state index contributed by atoms with van der Waals surface area (Å²) in [4.78, 5) is 30.7. The standard InChI is InChI=1S/C18H15ClN4O2S/c1-10-6-7-11(19)8-14(10)23-16(24)9-13(17(23)25)21-22-18-20-12-4-2-3-5-15(12)26-18/h2-8,13,21H,9H2,1H3,(H,20,22)/t13-/m1/s1. The molecule has 0 aliphatic carbocycles. The maximum Gasteiger partial charge on any atom is 0.253 e. The number of hydrogen-bond acceptors (Lipinski definition) is 6. The Morgan fingerprint density at radius 2 is 2.04 bits per heavy atom. The lowest BCUT2D eigenvalue weighted by molar-refractivity contribution is -0.121. The Hall–Kier alpha value is -2.48. The van der Waals surface area contributed by atoms with Crippen molar-refractivity contribution < 1.29 is 9.59 Å². The smallest absolute Gasteiger partial charge is 0.253 e. The van der Waals surface area contributed by atoms with Crippen LogP contribution in [0.2, 0.25) is 5.02 Å². The minimum Gasteiger partial charge on any atom is -0.296 e. The monoisotopic (exact) mass is 386 g/mol. The Kier molecular flexibility index (Phi) is 4.36. The fraction of sp³-hybridized carbons (Fsp3) is 0.167. The Morgan fingerprint density at radius 1 is 1.23 bits per heavy atom. The molecule has 0 spiro atoms. The van der Waals surface area contributed by atoms with Gasteiger partial charge in [-0.25, -0.2) is 15.3 Å². The third-order valence-corrected chi connectivity index (χ3v) is 5.39. The molecule has 0 radical (unpaired) electrons. The predicted octanol–water partition coefficient (Wildman–Crippen LogP) is 3.51. The number of benzene rings is 2. The van der Waals surface area contributed by atoms with E-state index < -0.39 is 6.04 Å². The van der Waals surface area contributed by atoms with E-state index in [0.29, 0.717) is 15.8 Å². The maximum absolute atomic E-state index is 12.7. The molecule has 2 amide bonds. The SMILES string of the molecule is Cc1ccc(Cl)cc1N1C(=O)C[C@@H](NNc2nc3ccccc3s2)C1=O. The number of amides is 2. The number of hydrogen-bond donors (Lipinski definition) is 2. The first-order chi connectivity index (χ1) is 12.5. The van der Waals surface area contributed by atoms with Crippen LogP contribution in [0.15, 0.2) is 42.5 Å². The van der Waals surface area contributed by atoms with Crippen molar-refractivity contribution in [3.05, 3.63) is 53.1 Å². The van der Waals surface area contributed by atoms with Crippen molar-refractivity contribution in [2.75, 3.05) is 10.3 Å². The molecule has 2 aromatic carbocycles. The molecule has 26 heavy (non-hydrogen) atoms. The number of para-hydroxylation sites is 1. The highest BCUT2D eigenvalue weighted by atomic mass is 35.5. The molecule has 2 heterocycles. The molecule has 1 aliphatic rings. The van der Waals surface area contributed by atoms with Gasteiger partial charge in [-0.15, -0.1) is 0 Å². The zero-order valence-corrected chi connectivity index (χ0v) is 15.4. The molecule has 1 saturated heterocycles. The second-order valence-electron chi connectivity index (χ2n) is 6.01. The minimum atomic E-state index is -0.659. The van der Waals surface area contributed by atoms with E-state index in [9.17, 15) is 9.59 Å². The molecule has 4 rings (SSSR count). The number of nitrogens with one attached hydrogen (secondary N) is 2. The maximum atomic E-state index is 12.7. The number of aromatic nitrogens is 1. The van der Waals surface area contributed by atoms with E-state index in [2.05, 4.69) is 15.8 Å². The van der Waals surface area contributed by atoms with Gasteiger partial charge in [-0.3, -0.25) is 15.0 Å². The summed E-state index contributed by atoms with van der Waals surface area (Å²) in [6.45, 7) is 1.84. The van der Waals surface area contributed by atoms with Crippen molar-refractivity contribution >= 4 is 55.8 Å². The number of anilines is 2. The molecule has 3 aromatic rings. The predicted molar refractivity (Wildman–Crippen MR) is 103 cm³/mol. The number of rotatable bonds is 4. The van der Waals surface area contributed by atoms with Crippen LogP contribution >= 0.6 is 22.9 Å². The van der Waals surface area contributed by atoms with E-state index in [1.165, 1.54) is 16.2 Å². The van der Waals surface area contributed by atoms with Crippen molar-refractivity contribution in [2.45, 2.75) is 19.4 Å². The van der Waals surface area contributed by atoms with Crippen molar-refractivity contribution in [2.24, 2.45) is 0 Å². The second kappa shape index (κ2) is 6.68. The summed E-state index contributed by atoms with van der Waals surface area (Å²) in [7, 11) is 0. The number of hydrazine groups is 1. The molecule has 0 bridgehead atoms. The van der Waals surface area contributed by atoms with Crippen molar-refractivity contribution in [3.63, 3.8) is 0 Å². The topological polar surface area (TPSA) is 74.3 Å². The normalized spacial score (nSPS) is 17.3. The molecule has 1 atom stereocenters. The van der Waals surface area contributed by atoms with Crippen LogP contribution in [-0.4, -0.2) is 22.8 Å². The number of carbonyl (C=O) groups excluding carboxylic acids is 2. The molecule has 132 valence electrons. The Labute approximate surface area is 158 Å². The highest BCUT2D eigenvalue weighted by Crippen LogP contribution is 2.29. The molecule has 1 aliphatic heterocycles. The number of nitrogens with zero attached hydrogens (tertiary/aromatic N) is 2. The molecular formula is C18H15ClN4O2S. The largest absolute Gasteiger partial charge is 0.296 e. The average Bonchev–Trinajstić information content (AvgIpc) is 3.16.